The molecular formula is C17H29NO5. The maximum Gasteiger partial charge on any atom is 0.410 e. The number of amides is 1. The number of likely N-dealkylation sites (tertiary alicyclic amines) is 1. The quantitative estimate of drug-likeness (QED) is 0.814. The molecule has 0 atom stereocenters. The number of carbonyl (C=O) groups excluding carboxylic acids is 1. The van der Waals surface area contributed by atoms with Gasteiger partial charge in [-0.25, -0.2) is 4.79 Å². The molecule has 2 rings (SSSR count). The Morgan fingerprint density at radius 2 is 1.52 bits per heavy atom. The summed E-state index contributed by atoms with van der Waals surface area (Å²) in [5.74, 6) is -0.959. The molecule has 0 unspecified atom stereocenters. The number of hydrogen-bond acceptors (Lipinski definition) is 4. The zero-order valence-corrected chi connectivity index (χ0v) is 14.8. The van der Waals surface area contributed by atoms with Crippen molar-refractivity contribution in [2.75, 3.05) is 13.1 Å². The van der Waals surface area contributed by atoms with Crippen molar-refractivity contribution < 1.29 is 24.5 Å². The molecule has 132 valence electrons. The molecule has 1 aliphatic heterocycles. The van der Waals surface area contributed by atoms with Gasteiger partial charge in [0.15, 0.2) is 0 Å². The molecule has 1 saturated carbocycles. The van der Waals surface area contributed by atoms with Gasteiger partial charge in [-0.3, -0.25) is 4.79 Å². The van der Waals surface area contributed by atoms with Crippen molar-refractivity contribution in [2.45, 2.75) is 71.5 Å². The summed E-state index contributed by atoms with van der Waals surface area (Å²) in [5.41, 5.74) is -3.04. The first kappa shape index (κ1) is 18.0. The fourth-order valence-corrected chi connectivity index (χ4v) is 3.58. The molecule has 0 aromatic carbocycles. The van der Waals surface area contributed by atoms with Gasteiger partial charge in [-0.1, -0.05) is 13.8 Å². The second kappa shape index (κ2) is 5.36. The molecule has 23 heavy (non-hydrogen) atoms. The molecule has 1 heterocycles. The number of carboxylic acids is 1. The van der Waals surface area contributed by atoms with Crippen LogP contribution in [0.5, 0.6) is 0 Å². The molecular weight excluding hydrogens is 298 g/mol. The average Bonchev–Trinajstić information content (AvgIpc) is 2.32. The average molecular weight is 327 g/mol. The number of carbonyl (C=O) groups is 2. The summed E-state index contributed by atoms with van der Waals surface area (Å²) in [7, 11) is 0. The number of aliphatic carboxylic acids is 1. The first-order valence-electron chi connectivity index (χ1n) is 8.24. The summed E-state index contributed by atoms with van der Waals surface area (Å²) >= 11 is 0. The Balaban J connectivity index is 2.08. The van der Waals surface area contributed by atoms with Gasteiger partial charge in [-0.05, 0) is 51.9 Å². The van der Waals surface area contributed by atoms with Crippen LogP contribution in [0, 0.1) is 10.8 Å². The summed E-state index contributed by atoms with van der Waals surface area (Å²) < 4.78 is 5.28. The predicted molar refractivity (Wildman–Crippen MR) is 85.1 cm³/mol. The molecule has 0 spiro atoms. The highest BCUT2D eigenvalue weighted by molar-refractivity contribution is 5.78. The van der Waals surface area contributed by atoms with Crippen LogP contribution in [0.15, 0.2) is 0 Å². The summed E-state index contributed by atoms with van der Waals surface area (Å²) in [6, 6.07) is 0. The molecule has 0 aromatic heterocycles. The lowest BCUT2D eigenvalue weighted by atomic mass is 9.56. The highest BCUT2D eigenvalue weighted by Crippen LogP contribution is 2.53. The van der Waals surface area contributed by atoms with Crippen molar-refractivity contribution in [1.82, 2.24) is 4.90 Å². The van der Waals surface area contributed by atoms with Crippen LogP contribution in [-0.2, 0) is 9.53 Å². The number of aliphatic hydroxyl groups is 1. The first-order valence-corrected chi connectivity index (χ1v) is 8.24. The zero-order chi connectivity index (χ0) is 17.7. The molecule has 1 aliphatic carbocycles. The van der Waals surface area contributed by atoms with E-state index in [1.54, 1.807) is 20.8 Å². The van der Waals surface area contributed by atoms with E-state index in [0.717, 1.165) is 12.8 Å². The van der Waals surface area contributed by atoms with Crippen molar-refractivity contribution in [1.29, 1.82) is 0 Å². The molecule has 1 saturated heterocycles. The predicted octanol–water partition coefficient (Wildman–Crippen LogP) is 2.64. The Morgan fingerprint density at radius 3 is 1.91 bits per heavy atom. The molecule has 0 bridgehead atoms. The molecule has 6 nitrogen and oxygen atoms in total. The van der Waals surface area contributed by atoms with E-state index in [2.05, 4.69) is 13.8 Å². The Bertz CT molecular complexity index is 490. The van der Waals surface area contributed by atoms with Crippen LogP contribution in [0.4, 0.5) is 4.79 Å². The van der Waals surface area contributed by atoms with Crippen LogP contribution in [0.2, 0.25) is 0 Å². The smallest absolute Gasteiger partial charge is 0.410 e. The van der Waals surface area contributed by atoms with Crippen LogP contribution in [0.25, 0.3) is 0 Å². The van der Waals surface area contributed by atoms with Gasteiger partial charge in [0, 0.05) is 0 Å². The van der Waals surface area contributed by atoms with Gasteiger partial charge in [0.1, 0.15) is 11.2 Å². The molecule has 0 aromatic rings. The van der Waals surface area contributed by atoms with Gasteiger partial charge >= 0.3 is 12.1 Å². The number of β-amino-alcohol motifs (C(OH)–C–C–N with tert-alkyl or cyclic N) is 1. The Labute approximate surface area is 137 Å². The molecule has 6 heteroatoms. The van der Waals surface area contributed by atoms with Gasteiger partial charge in [0.25, 0.3) is 0 Å². The number of hydrogen-bond donors (Lipinski definition) is 2. The number of rotatable bonds is 2. The lowest BCUT2D eigenvalue weighted by Crippen LogP contribution is -2.73. The summed E-state index contributed by atoms with van der Waals surface area (Å²) in [6.07, 6.45) is 1.89. The molecule has 1 amide bonds. The van der Waals surface area contributed by atoms with E-state index in [4.69, 9.17) is 4.74 Å². The Hall–Kier alpha value is -1.30. The largest absolute Gasteiger partial charge is 0.481 e. The van der Waals surface area contributed by atoms with Crippen LogP contribution in [0.1, 0.15) is 60.3 Å². The first-order chi connectivity index (χ1) is 10.3. The van der Waals surface area contributed by atoms with Crippen molar-refractivity contribution in [3.05, 3.63) is 0 Å². The van der Waals surface area contributed by atoms with Crippen molar-refractivity contribution in [3.8, 4) is 0 Å². The number of carboxylic acid groups (broad SMARTS) is 1. The topological polar surface area (TPSA) is 87.1 Å². The third kappa shape index (κ3) is 3.32. The fourth-order valence-electron chi connectivity index (χ4n) is 3.58. The van der Waals surface area contributed by atoms with E-state index in [0.29, 0.717) is 12.8 Å². The number of nitrogens with zero attached hydrogens (tertiary/aromatic N) is 1. The molecule has 2 aliphatic rings. The third-order valence-corrected chi connectivity index (χ3v) is 5.31. The van der Waals surface area contributed by atoms with Gasteiger partial charge in [0.2, 0.25) is 0 Å². The molecule has 2 fully saturated rings. The second-order valence-electron chi connectivity index (χ2n) is 8.92. The second-order valence-corrected chi connectivity index (χ2v) is 8.92. The van der Waals surface area contributed by atoms with E-state index in [9.17, 15) is 19.8 Å². The van der Waals surface area contributed by atoms with Crippen molar-refractivity contribution in [3.63, 3.8) is 0 Å². The maximum atomic E-state index is 12.0. The Kier molecular flexibility index (Phi) is 4.21. The lowest BCUT2D eigenvalue weighted by Gasteiger charge is -2.57. The van der Waals surface area contributed by atoms with Crippen LogP contribution in [0.3, 0.4) is 0 Å². The van der Waals surface area contributed by atoms with E-state index in [1.807, 2.05) is 0 Å². The van der Waals surface area contributed by atoms with Crippen LogP contribution < -0.4 is 0 Å². The maximum absolute atomic E-state index is 12.0. The van der Waals surface area contributed by atoms with E-state index >= 15 is 0 Å². The van der Waals surface area contributed by atoms with Gasteiger partial charge in [-0.2, -0.15) is 0 Å². The monoisotopic (exact) mass is 327 g/mol. The van der Waals surface area contributed by atoms with Crippen molar-refractivity contribution >= 4 is 12.1 Å². The van der Waals surface area contributed by atoms with Gasteiger partial charge in [0.05, 0.1) is 18.5 Å². The summed E-state index contributed by atoms with van der Waals surface area (Å²) in [4.78, 5) is 25.4. The van der Waals surface area contributed by atoms with E-state index in [1.165, 1.54) is 4.90 Å². The highest BCUT2D eigenvalue weighted by Gasteiger charge is 2.64. The van der Waals surface area contributed by atoms with Gasteiger partial charge < -0.3 is 19.8 Å². The molecule has 0 radical (unpaired) electrons. The van der Waals surface area contributed by atoms with E-state index < -0.39 is 28.7 Å². The zero-order valence-electron chi connectivity index (χ0n) is 14.8. The third-order valence-electron chi connectivity index (χ3n) is 5.31. The lowest BCUT2D eigenvalue weighted by molar-refractivity contribution is -0.208. The number of ether oxygens (including phenoxy) is 1. The fraction of sp³-hybridized carbons (Fsp3) is 0.882. The van der Waals surface area contributed by atoms with Crippen LogP contribution >= 0.6 is 0 Å². The normalized spacial score (nSPS) is 25.4. The van der Waals surface area contributed by atoms with Crippen molar-refractivity contribution in [2.24, 2.45) is 10.8 Å². The van der Waals surface area contributed by atoms with Crippen LogP contribution in [-0.4, -0.2) is 51.5 Å². The highest BCUT2D eigenvalue weighted by atomic mass is 16.6. The summed E-state index contributed by atoms with van der Waals surface area (Å²) in [6.45, 7) is 9.62. The minimum Gasteiger partial charge on any atom is -0.481 e. The molecule has 2 N–H and O–H groups in total. The standard InChI is InChI=1S/C17H29NO5/c1-14(2,3)23-13(21)18-10-17(22,11-18)16(12(19)20)8-6-15(4,5)7-9-16/h22H,6-11H2,1-5H3,(H,19,20). The SMILES string of the molecule is CC1(C)CCC(C(=O)O)(C2(O)CN(C(=O)OC(C)(C)C)C2)CC1. The van der Waals surface area contributed by atoms with E-state index in [-0.39, 0.29) is 18.5 Å². The Morgan fingerprint density at radius 1 is 1.04 bits per heavy atom. The summed E-state index contributed by atoms with van der Waals surface area (Å²) in [5, 5.41) is 20.7. The minimum absolute atomic E-state index is 0.0225. The minimum atomic E-state index is -1.37. The van der Waals surface area contributed by atoms with Gasteiger partial charge in [-0.15, -0.1) is 0 Å².